The first-order valence-electron chi connectivity index (χ1n) is 10.9. The van der Waals surface area contributed by atoms with Gasteiger partial charge in [-0.2, -0.15) is 10.4 Å². The molecule has 2 aliphatic heterocycles. The van der Waals surface area contributed by atoms with Crippen LogP contribution in [0, 0.1) is 16.7 Å². The van der Waals surface area contributed by atoms with Crippen molar-refractivity contribution in [1.29, 1.82) is 10.7 Å². The molecular weight excluding hydrogens is 402 g/mol. The van der Waals surface area contributed by atoms with Crippen LogP contribution in [-0.2, 0) is 11.8 Å². The molecule has 166 valence electrons. The topological polar surface area (TPSA) is 101 Å². The molecule has 2 aliphatic rings. The van der Waals surface area contributed by atoms with Gasteiger partial charge in [0.05, 0.1) is 24.4 Å². The third-order valence-electron chi connectivity index (χ3n) is 6.56. The van der Waals surface area contributed by atoms with Crippen LogP contribution in [0.15, 0.2) is 35.8 Å². The van der Waals surface area contributed by atoms with Crippen LogP contribution in [0.5, 0.6) is 0 Å². The summed E-state index contributed by atoms with van der Waals surface area (Å²) in [5.41, 5.74) is 6.22. The Balaban J connectivity index is 1.78. The van der Waals surface area contributed by atoms with Crippen molar-refractivity contribution in [3.63, 3.8) is 0 Å². The lowest BCUT2D eigenvalue weighted by Gasteiger charge is -2.38. The molecule has 8 heteroatoms. The number of aryl methyl sites for hydroxylation is 1. The second-order valence-electron chi connectivity index (χ2n) is 8.56. The van der Waals surface area contributed by atoms with E-state index >= 15 is 0 Å². The van der Waals surface area contributed by atoms with Crippen molar-refractivity contribution in [2.24, 2.45) is 7.05 Å². The highest BCUT2D eigenvalue weighted by Gasteiger charge is 2.31. The van der Waals surface area contributed by atoms with Crippen LogP contribution >= 0.6 is 0 Å². The van der Waals surface area contributed by atoms with Crippen LogP contribution in [-0.4, -0.2) is 53.1 Å². The fourth-order valence-electron chi connectivity index (χ4n) is 4.64. The zero-order valence-corrected chi connectivity index (χ0v) is 19.1. The van der Waals surface area contributed by atoms with E-state index in [1.165, 1.54) is 0 Å². The second kappa shape index (κ2) is 8.50. The Morgan fingerprint density at radius 1 is 1.34 bits per heavy atom. The van der Waals surface area contributed by atoms with Gasteiger partial charge in [-0.25, -0.2) is 0 Å². The molecule has 0 spiro atoms. The van der Waals surface area contributed by atoms with E-state index in [1.807, 2.05) is 31.3 Å². The first-order chi connectivity index (χ1) is 15.3. The van der Waals surface area contributed by atoms with Gasteiger partial charge in [-0.1, -0.05) is 6.92 Å². The van der Waals surface area contributed by atoms with Crippen LogP contribution < -0.4 is 10.2 Å². The number of carbonyl (C=O) groups is 1. The van der Waals surface area contributed by atoms with Gasteiger partial charge in [0.2, 0.25) is 5.91 Å². The average Bonchev–Trinajstić information content (AvgIpc) is 3.23. The quantitative estimate of drug-likeness (QED) is 0.575. The van der Waals surface area contributed by atoms with Crippen molar-refractivity contribution >= 4 is 17.4 Å². The summed E-state index contributed by atoms with van der Waals surface area (Å²) in [4.78, 5) is 15.8. The zero-order chi connectivity index (χ0) is 23.0. The molecule has 4 rings (SSSR count). The first kappa shape index (κ1) is 21.6. The highest BCUT2D eigenvalue weighted by Crippen LogP contribution is 2.40. The number of aromatic nitrogens is 2. The summed E-state index contributed by atoms with van der Waals surface area (Å²) in [5.74, 6) is 0.729. The number of anilines is 1. The van der Waals surface area contributed by atoms with Gasteiger partial charge in [0.1, 0.15) is 5.84 Å². The summed E-state index contributed by atoms with van der Waals surface area (Å²) < 4.78 is 1.73. The largest absolute Gasteiger partial charge is 0.391 e. The maximum absolute atomic E-state index is 12.0. The molecule has 0 unspecified atom stereocenters. The van der Waals surface area contributed by atoms with Crippen molar-refractivity contribution < 1.29 is 4.79 Å². The summed E-state index contributed by atoms with van der Waals surface area (Å²) in [7, 11) is 3.73. The standard InChI is InChI=1S/C24H29N7O/c1-15-5-8-31(24(26)21-14-30(16(2)32)7-6-22(21)27-3)23-9-17(11-25)20(10-19(15)23)18-12-28-29(4)13-18/h9-10,12-13,15,26-27H,5-8,14H2,1-4H3/t15-/m0/s1. The summed E-state index contributed by atoms with van der Waals surface area (Å²) in [6.07, 6.45) is 5.30. The molecule has 8 nitrogen and oxygen atoms in total. The van der Waals surface area contributed by atoms with E-state index in [4.69, 9.17) is 5.41 Å². The molecule has 1 atom stereocenters. The molecule has 0 bridgehead atoms. The molecular formula is C24H29N7O. The maximum atomic E-state index is 12.0. The molecule has 0 aliphatic carbocycles. The molecule has 1 amide bonds. The molecule has 0 fully saturated rings. The Morgan fingerprint density at radius 2 is 2.12 bits per heavy atom. The van der Waals surface area contributed by atoms with E-state index < -0.39 is 0 Å². The number of rotatable bonds is 3. The number of hydrogen-bond donors (Lipinski definition) is 2. The maximum Gasteiger partial charge on any atom is 0.219 e. The Labute approximate surface area is 188 Å². The minimum atomic E-state index is 0.0194. The number of benzene rings is 1. The number of amidine groups is 1. The number of hydrogen-bond acceptors (Lipinski definition) is 5. The summed E-state index contributed by atoms with van der Waals surface area (Å²) in [6, 6.07) is 6.34. The van der Waals surface area contributed by atoms with E-state index in [0.717, 1.165) is 40.1 Å². The monoisotopic (exact) mass is 431 g/mol. The van der Waals surface area contributed by atoms with E-state index in [2.05, 4.69) is 29.5 Å². The van der Waals surface area contributed by atoms with Gasteiger partial charge in [0.25, 0.3) is 0 Å². The SMILES string of the molecule is CNC1=C(C(=N)N2CC[C@H](C)c3cc(-c4cnn(C)c4)c(C#N)cc32)CN(C(C)=O)CC1. The molecule has 1 aromatic carbocycles. The van der Waals surface area contributed by atoms with Gasteiger partial charge in [-0.3, -0.25) is 14.9 Å². The van der Waals surface area contributed by atoms with Gasteiger partial charge < -0.3 is 15.1 Å². The molecule has 2 aromatic rings. The lowest BCUT2D eigenvalue weighted by Crippen LogP contribution is -2.44. The zero-order valence-electron chi connectivity index (χ0n) is 19.1. The van der Waals surface area contributed by atoms with Crippen molar-refractivity contribution in [2.75, 3.05) is 31.6 Å². The Morgan fingerprint density at radius 3 is 2.75 bits per heavy atom. The van der Waals surface area contributed by atoms with Gasteiger partial charge in [0.15, 0.2) is 0 Å². The Kier molecular flexibility index (Phi) is 5.74. The lowest BCUT2D eigenvalue weighted by molar-refractivity contribution is -0.128. The summed E-state index contributed by atoms with van der Waals surface area (Å²) in [5, 5.41) is 26.5. The van der Waals surface area contributed by atoms with Crippen LogP contribution in [0.1, 0.15) is 43.7 Å². The van der Waals surface area contributed by atoms with Gasteiger partial charge in [-0.05, 0) is 30.0 Å². The van der Waals surface area contributed by atoms with Crippen molar-refractivity contribution in [3.05, 3.63) is 46.9 Å². The predicted molar refractivity (Wildman–Crippen MR) is 124 cm³/mol. The molecule has 32 heavy (non-hydrogen) atoms. The smallest absolute Gasteiger partial charge is 0.219 e. The minimum absolute atomic E-state index is 0.0194. The molecule has 0 saturated carbocycles. The van der Waals surface area contributed by atoms with Gasteiger partial charge >= 0.3 is 0 Å². The van der Waals surface area contributed by atoms with E-state index in [9.17, 15) is 10.1 Å². The van der Waals surface area contributed by atoms with Gasteiger partial charge in [0, 0.05) is 74.8 Å². The number of nitriles is 1. The third-order valence-corrected chi connectivity index (χ3v) is 6.56. The van der Waals surface area contributed by atoms with Crippen molar-refractivity contribution in [3.8, 4) is 17.2 Å². The van der Waals surface area contributed by atoms with Crippen LogP contribution in [0.2, 0.25) is 0 Å². The van der Waals surface area contributed by atoms with E-state index in [1.54, 1.807) is 22.7 Å². The normalized spacial score (nSPS) is 18.3. The van der Waals surface area contributed by atoms with Crippen LogP contribution in [0.25, 0.3) is 11.1 Å². The molecule has 1 aromatic heterocycles. The predicted octanol–water partition coefficient (Wildman–Crippen LogP) is 2.98. The first-order valence-corrected chi connectivity index (χ1v) is 10.9. The van der Waals surface area contributed by atoms with Gasteiger partial charge in [-0.15, -0.1) is 0 Å². The Bertz CT molecular complexity index is 1150. The minimum Gasteiger partial charge on any atom is -0.391 e. The van der Waals surface area contributed by atoms with Crippen molar-refractivity contribution in [1.82, 2.24) is 20.0 Å². The number of nitrogens with zero attached hydrogens (tertiary/aromatic N) is 5. The molecule has 0 saturated heterocycles. The third kappa shape index (κ3) is 3.75. The number of nitrogens with one attached hydrogen (secondary N) is 2. The average molecular weight is 432 g/mol. The highest BCUT2D eigenvalue weighted by atomic mass is 16.2. The number of carbonyl (C=O) groups excluding carboxylic acids is 1. The fourth-order valence-corrected chi connectivity index (χ4v) is 4.64. The molecule has 0 radical (unpaired) electrons. The van der Waals surface area contributed by atoms with Crippen LogP contribution in [0.3, 0.4) is 0 Å². The summed E-state index contributed by atoms with van der Waals surface area (Å²) in [6.45, 7) is 5.54. The summed E-state index contributed by atoms with van der Waals surface area (Å²) >= 11 is 0. The lowest BCUT2D eigenvalue weighted by atomic mass is 9.86. The van der Waals surface area contributed by atoms with Crippen molar-refractivity contribution in [2.45, 2.75) is 32.6 Å². The fraction of sp³-hybridized carbons (Fsp3) is 0.417. The Hall–Kier alpha value is -3.60. The molecule has 2 N–H and O–H groups in total. The second-order valence-corrected chi connectivity index (χ2v) is 8.56. The molecule has 3 heterocycles. The van der Waals surface area contributed by atoms with E-state index in [-0.39, 0.29) is 5.91 Å². The number of fused-ring (bicyclic) bond motifs is 1. The highest BCUT2D eigenvalue weighted by molar-refractivity contribution is 6.09. The van der Waals surface area contributed by atoms with E-state index in [0.29, 0.717) is 43.4 Å². The van der Waals surface area contributed by atoms with Crippen LogP contribution in [0.4, 0.5) is 5.69 Å². The number of amides is 1.